The molecule has 0 radical (unpaired) electrons. The van der Waals surface area contributed by atoms with Crippen molar-refractivity contribution in [1.82, 2.24) is 4.90 Å². The molecule has 1 nitrogen and oxygen atoms in total. The topological polar surface area (TPSA) is 3.24 Å². The third-order valence-electron chi connectivity index (χ3n) is 4.39. The van der Waals surface area contributed by atoms with Crippen LogP contribution in [0.15, 0.2) is 0 Å². The van der Waals surface area contributed by atoms with Crippen molar-refractivity contribution in [3.8, 4) is 0 Å². The van der Waals surface area contributed by atoms with Crippen molar-refractivity contribution in [3.63, 3.8) is 0 Å². The lowest BCUT2D eigenvalue weighted by Gasteiger charge is -2.45. The summed E-state index contributed by atoms with van der Waals surface area (Å²) in [5.74, 6) is 3.00. The molecule has 1 heterocycles. The predicted molar refractivity (Wildman–Crippen MR) is 64.8 cm³/mol. The van der Waals surface area contributed by atoms with E-state index in [2.05, 4.69) is 34.8 Å². The van der Waals surface area contributed by atoms with Crippen LogP contribution < -0.4 is 0 Å². The van der Waals surface area contributed by atoms with Gasteiger partial charge >= 0.3 is 0 Å². The summed E-state index contributed by atoms with van der Waals surface area (Å²) in [6.45, 7) is 3.73. The van der Waals surface area contributed by atoms with E-state index in [0.29, 0.717) is 0 Å². The van der Waals surface area contributed by atoms with Gasteiger partial charge in [-0.2, -0.15) is 0 Å². The molecule has 0 bridgehead atoms. The van der Waals surface area contributed by atoms with Gasteiger partial charge in [-0.3, -0.25) is 0 Å². The SMILES string of the molecule is C[C@@H]1C[C@H]2C[C@@H](CBr)CC[C@H]2CN1C. The second kappa shape index (κ2) is 4.52. The van der Waals surface area contributed by atoms with Gasteiger partial charge in [0.05, 0.1) is 0 Å². The van der Waals surface area contributed by atoms with Crippen molar-refractivity contribution in [3.05, 3.63) is 0 Å². The van der Waals surface area contributed by atoms with Crippen molar-refractivity contribution in [2.24, 2.45) is 17.8 Å². The van der Waals surface area contributed by atoms with Gasteiger partial charge in [0.2, 0.25) is 0 Å². The van der Waals surface area contributed by atoms with Gasteiger partial charge in [0.25, 0.3) is 0 Å². The van der Waals surface area contributed by atoms with E-state index in [1.54, 1.807) is 0 Å². The van der Waals surface area contributed by atoms with E-state index >= 15 is 0 Å². The molecule has 14 heavy (non-hydrogen) atoms. The van der Waals surface area contributed by atoms with Crippen LogP contribution in [0.1, 0.15) is 32.6 Å². The van der Waals surface area contributed by atoms with Gasteiger partial charge in [-0.1, -0.05) is 15.9 Å². The highest BCUT2D eigenvalue weighted by molar-refractivity contribution is 9.09. The minimum atomic E-state index is 0.810. The fourth-order valence-corrected chi connectivity index (χ4v) is 3.85. The minimum Gasteiger partial charge on any atom is -0.303 e. The van der Waals surface area contributed by atoms with Gasteiger partial charge in [-0.05, 0) is 57.4 Å². The first kappa shape index (κ1) is 10.9. The minimum absolute atomic E-state index is 0.810. The summed E-state index contributed by atoms with van der Waals surface area (Å²) >= 11 is 3.64. The molecular formula is C12H22BrN. The van der Waals surface area contributed by atoms with Crippen LogP contribution in [0.25, 0.3) is 0 Å². The lowest BCUT2D eigenvalue weighted by Crippen LogP contribution is -2.45. The van der Waals surface area contributed by atoms with Gasteiger partial charge in [0.1, 0.15) is 0 Å². The smallest absolute Gasteiger partial charge is 0.00667 e. The van der Waals surface area contributed by atoms with Crippen molar-refractivity contribution in [2.45, 2.75) is 38.6 Å². The largest absolute Gasteiger partial charge is 0.303 e. The zero-order chi connectivity index (χ0) is 10.1. The molecule has 82 valence electrons. The third kappa shape index (κ3) is 2.16. The van der Waals surface area contributed by atoms with E-state index in [9.17, 15) is 0 Å². The molecule has 4 atom stereocenters. The number of likely N-dealkylation sites (tertiary alicyclic amines) is 1. The maximum absolute atomic E-state index is 3.64. The highest BCUT2D eigenvalue weighted by Crippen LogP contribution is 2.40. The average molecular weight is 260 g/mol. The van der Waals surface area contributed by atoms with Gasteiger partial charge in [-0.15, -0.1) is 0 Å². The van der Waals surface area contributed by atoms with Crippen LogP contribution in [0.5, 0.6) is 0 Å². The number of piperidine rings is 1. The Labute approximate surface area is 96.4 Å². The van der Waals surface area contributed by atoms with Crippen LogP contribution in [-0.4, -0.2) is 29.9 Å². The number of rotatable bonds is 1. The number of alkyl halides is 1. The molecule has 0 N–H and O–H groups in total. The second-order valence-electron chi connectivity index (χ2n) is 5.38. The normalized spacial score (nSPS) is 44.8. The Hall–Kier alpha value is 0.440. The molecule has 1 saturated heterocycles. The molecule has 1 aliphatic carbocycles. The van der Waals surface area contributed by atoms with Crippen molar-refractivity contribution in [1.29, 1.82) is 0 Å². The average Bonchev–Trinajstić information content (AvgIpc) is 2.19. The Morgan fingerprint density at radius 1 is 1.21 bits per heavy atom. The van der Waals surface area contributed by atoms with Crippen LogP contribution in [0.4, 0.5) is 0 Å². The summed E-state index contributed by atoms with van der Waals surface area (Å²) in [6, 6.07) is 0.810. The quantitative estimate of drug-likeness (QED) is 0.655. The molecule has 0 aromatic heterocycles. The summed E-state index contributed by atoms with van der Waals surface area (Å²) in [5.41, 5.74) is 0. The van der Waals surface area contributed by atoms with E-state index in [1.807, 2.05) is 0 Å². The molecule has 0 unspecified atom stereocenters. The highest BCUT2D eigenvalue weighted by Gasteiger charge is 2.35. The Balaban J connectivity index is 1.95. The van der Waals surface area contributed by atoms with E-state index in [-0.39, 0.29) is 0 Å². The second-order valence-corrected chi connectivity index (χ2v) is 6.03. The lowest BCUT2D eigenvalue weighted by atomic mass is 9.70. The Morgan fingerprint density at radius 2 is 2.00 bits per heavy atom. The molecular weight excluding hydrogens is 238 g/mol. The number of nitrogens with zero attached hydrogens (tertiary/aromatic N) is 1. The van der Waals surface area contributed by atoms with Crippen LogP contribution in [-0.2, 0) is 0 Å². The highest BCUT2D eigenvalue weighted by atomic mass is 79.9. The molecule has 0 amide bonds. The fourth-order valence-electron chi connectivity index (χ4n) is 3.26. The van der Waals surface area contributed by atoms with Crippen molar-refractivity contribution < 1.29 is 0 Å². The maximum atomic E-state index is 3.64. The Morgan fingerprint density at radius 3 is 2.71 bits per heavy atom. The zero-order valence-corrected chi connectivity index (χ0v) is 11.0. The molecule has 1 saturated carbocycles. The third-order valence-corrected chi connectivity index (χ3v) is 5.30. The standard InChI is InChI=1S/C12H22BrN/c1-9-5-12-6-10(7-13)3-4-11(12)8-14(9)2/h9-12H,3-8H2,1-2H3/t9-,10+,11+,12+/m1/s1. The summed E-state index contributed by atoms with van der Waals surface area (Å²) in [7, 11) is 2.29. The predicted octanol–water partition coefficient (Wildman–Crippen LogP) is 3.14. The van der Waals surface area contributed by atoms with Gasteiger partial charge < -0.3 is 4.90 Å². The van der Waals surface area contributed by atoms with Crippen LogP contribution in [0.3, 0.4) is 0 Å². The van der Waals surface area contributed by atoms with Crippen LogP contribution in [0.2, 0.25) is 0 Å². The monoisotopic (exact) mass is 259 g/mol. The summed E-state index contributed by atoms with van der Waals surface area (Å²) in [4.78, 5) is 2.55. The van der Waals surface area contributed by atoms with E-state index in [1.165, 1.54) is 37.6 Å². The Bertz CT molecular complexity index is 191. The number of hydrogen-bond donors (Lipinski definition) is 0. The zero-order valence-electron chi connectivity index (χ0n) is 9.38. The van der Waals surface area contributed by atoms with E-state index < -0.39 is 0 Å². The molecule has 1 aliphatic heterocycles. The van der Waals surface area contributed by atoms with Gasteiger partial charge in [0.15, 0.2) is 0 Å². The lowest BCUT2D eigenvalue weighted by molar-refractivity contribution is 0.0503. The van der Waals surface area contributed by atoms with Crippen LogP contribution >= 0.6 is 15.9 Å². The van der Waals surface area contributed by atoms with Crippen molar-refractivity contribution >= 4 is 15.9 Å². The van der Waals surface area contributed by atoms with Crippen LogP contribution in [0, 0.1) is 17.8 Å². The first-order valence-corrected chi connectivity index (χ1v) is 7.09. The summed E-state index contributed by atoms with van der Waals surface area (Å²) in [5, 5.41) is 1.22. The summed E-state index contributed by atoms with van der Waals surface area (Å²) < 4.78 is 0. The molecule has 2 rings (SSSR count). The number of hydrogen-bond acceptors (Lipinski definition) is 1. The number of fused-ring (bicyclic) bond motifs is 1. The molecule has 2 heteroatoms. The molecule has 0 aromatic carbocycles. The molecule has 2 aliphatic rings. The molecule has 0 spiro atoms. The van der Waals surface area contributed by atoms with Crippen molar-refractivity contribution in [2.75, 3.05) is 18.9 Å². The maximum Gasteiger partial charge on any atom is 0.00667 e. The first-order chi connectivity index (χ1) is 6.70. The van der Waals surface area contributed by atoms with E-state index in [0.717, 1.165) is 23.8 Å². The van der Waals surface area contributed by atoms with E-state index in [4.69, 9.17) is 0 Å². The fraction of sp³-hybridized carbons (Fsp3) is 1.00. The molecule has 2 fully saturated rings. The Kier molecular flexibility index (Phi) is 3.54. The number of halogens is 1. The summed E-state index contributed by atoms with van der Waals surface area (Å²) in [6.07, 6.45) is 5.84. The van der Waals surface area contributed by atoms with Gasteiger partial charge in [-0.25, -0.2) is 0 Å². The molecule has 0 aromatic rings. The first-order valence-electron chi connectivity index (χ1n) is 5.97. The van der Waals surface area contributed by atoms with Gasteiger partial charge in [0, 0.05) is 17.9 Å².